The van der Waals surface area contributed by atoms with Gasteiger partial charge in [-0.25, -0.2) is 4.98 Å². The summed E-state index contributed by atoms with van der Waals surface area (Å²) in [6.45, 7) is 4.53. The Hall–Kier alpha value is -1.84. The lowest BCUT2D eigenvalue weighted by molar-refractivity contribution is 0.473. The molecule has 0 bridgehead atoms. The van der Waals surface area contributed by atoms with Crippen LogP contribution in [0.5, 0.6) is 0 Å². The molecule has 0 amide bonds. The van der Waals surface area contributed by atoms with E-state index in [2.05, 4.69) is 24.9 Å². The van der Waals surface area contributed by atoms with E-state index in [1.54, 1.807) is 10.8 Å². The minimum absolute atomic E-state index is 0.0672. The second-order valence-electron chi connectivity index (χ2n) is 5.52. The number of hydrogen-bond acceptors (Lipinski definition) is 3. The summed E-state index contributed by atoms with van der Waals surface area (Å²) in [5.74, 6) is 1.45. The van der Waals surface area contributed by atoms with Gasteiger partial charge in [-0.1, -0.05) is 13.8 Å². The highest BCUT2D eigenvalue weighted by atomic mass is 16.3. The van der Waals surface area contributed by atoms with Crippen LogP contribution in [-0.4, -0.2) is 9.55 Å². The van der Waals surface area contributed by atoms with Gasteiger partial charge in [0.25, 0.3) is 5.56 Å². The van der Waals surface area contributed by atoms with Gasteiger partial charge in [-0.05, 0) is 36.3 Å². The normalized spacial score (nSPS) is 15.1. The first-order chi connectivity index (χ1) is 9.15. The standard InChI is InChI=1S/C15H18N2O2/c1-10(2)13-7-12(11-3-4-11)8-17(15(13)18)9-14-16-5-6-19-14/h5-8,10-11H,3-4,9H2,1-2H3. The number of rotatable bonds is 4. The summed E-state index contributed by atoms with van der Waals surface area (Å²) < 4.78 is 6.97. The predicted molar refractivity (Wildman–Crippen MR) is 72.4 cm³/mol. The summed E-state index contributed by atoms with van der Waals surface area (Å²) in [5, 5.41) is 0. The van der Waals surface area contributed by atoms with Crippen LogP contribution >= 0.6 is 0 Å². The van der Waals surface area contributed by atoms with E-state index in [4.69, 9.17) is 4.42 Å². The number of aromatic nitrogens is 2. The average molecular weight is 258 g/mol. The third-order valence-corrected chi connectivity index (χ3v) is 3.59. The molecule has 0 radical (unpaired) electrons. The summed E-state index contributed by atoms with van der Waals surface area (Å²) >= 11 is 0. The van der Waals surface area contributed by atoms with Crippen LogP contribution in [-0.2, 0) is 6.54 Å². The van der Waals surface area contributed by atoms with Gasteiger partial charge in [0.1, 0.15) is 12.8 Å². The van der Waals surface area contributed by atoms with Crippen LogP contribution in [0, 0.1) is 0 Å². The summed E-state index contributed by atoms with van der Waals surface area (Å²) in [5.41, 5.74) is 2.23. The van der Waals surface area contributed by atoms with Crippen molar-refractivity contribution >= 4 is 0 Å². The number of nitrogens with zero attached hydrogens (tertiary/aromatic N) is 2. The molecule has 0 saturated heterocycles. The van der Waals surface area contributed by atoms with Crippen molar-refractivity contribution in [3.63, 3.8) is 0 Å². The molecule has 3 rings (SSSR count). The van der Waals surface area contributed by atoms with E-state index < -0.39 is 0 Å². The van der Waals surface area contributed by atoms with E-state index >= 15 is 0 Å². The Labute approximate surface area is 112 Å². The van der Waals surface area contributed by atoms with Crippen molar-refractivity contribution in [1.29, 1.82) is 0 Å². The Morgan fingerprint density at radius 1 is 1.47 bits per heavy atom. The molecule has 1 aliphatic carbocycles. The molecule has 4 heteroatoms. The molecular weight excluding hydrogens is 240 g/mol. The van der Waals surface area contributed by atoms with Crippen molar-refractivity contribution in [2.24, 2.45) is 0 Å². The smallest absolute Gasteiger partial charge is 0.254 e. The van der Waals surface area contributed by atoms with Gasteiger partial charge in [0.05, 0.1) is 6.20 Å². The number of oxazole rings is 1. The van der Waals surface area contributed by atoms with Crippen LogP contribution in [0.4, 0.5) is 0 Å². The first-order valence-corrected chi connectivity index (χ1v) is 6.78. The van der Waals surface area contributed by atoms with Crippen molar-refractivity contribution < 1.29 is 4.42 Å². The minimum Gasteiger partial charge on any atom is -0.447 e. The van der Waals surface area contributed by atoms with Gasteiger partial charge in [-0.15, -0.1) is 0 Å². The molecular formula is C15H18N2O2. The fourth-order valence-corrected chi connectivity index (χ4v) is 2.33. The van der Waals surface area contributed by atoms with Gasteiger partial charge in [-0.3, -0.25) is 4.79 Å². The molecule has 19 heavy (non-hydrogen) atoms. The Bertz CT molecular complexity index is 622. The first-order valence-electron chi connectivity index (χ1n) is 6.78. The van der Waals surface area contributed by atoms with Crippen LogP contribution in [0.15, 0.2) is 33.9 Å². The van der Waals surface area contributed by atoms with E-state index in [1.165, 1.54) is 24.7 Å². The summed E-state index contributed by atoms with van der Waals surface area (Å²) in [4.78, 5) is 16.5. The molecule has 0 atom stereocenters. The molecule has 2 aromatic rings. The second kappa shape index (κ2) is 4.68. The van der Waals surface area contributed by atoms with Gasteiger partial charge in [0.2, 0.25) is 5.89 Å². The second-order valence-corrected chi connectivity index (χ2v) is 5.52. The van der Waals surface area contributed by atoms with Crippen molar-refractivity contribution in [2.45, 2.75) is 45.1 Å². The maximum Gasteiger partial charge on any atom is 0.254 e. The lowest BCUT2D eigenvalue weighted by atomic mass is 10.0. The molecule has 2 heterocycles. The Morgan fingerprint density at radius 3 is 2.84 bits per heavy atom. The molecule has 1 saturated carbocycles. The highest BCUT2D eigenvalue weighted by Crippen LogP contribution is 2.40. The van der Waals surface area contributed by atoms with Crippen LogP contribution in [0.3, 0.4) is 0 Å². The summed E-state index contributed by atoms with van der Waals surface area (Å²) in [6, 6.07) is 2.08. The van der Waals surface area contributed by atoms with E-state index in [-0.39, 0.29) is 11.5 Å². The van der Waals surface area contributed by atoms with Crippen molar-refractivity contribution in [3.05, 3.63) is 52.1 Å². The maximum absolute atomic E-state index is 12.4. The highest BCUT2D eigenvalue weighted by Gasteiger charge is 2.25. The molecule has 4 nitrogen and oxygen atoms in total. The lowest BCUT2D eigenvalue weighted by Crippen LogP contribution is -2.25. The fourth-order valence-electron chi connectivity index (χ4n) is 2.33. The molecule has 0 spiro atoms. The third-order valence-electron chi connectivity index (χ3n) is 3.59. The third kappa shape index (κ3) is 2.48. The number of hydrogen-bond donors (Lipinski definition) is 0. The molecule has 0 N–H and O–H groups in total. The van der Waals surface area contributed by atoms with E-state index in [9.17, 15) is 4.79 Å². The van der Waals surface area contributed by atoms with Crippen LogP contribution < -0.4 is 5.56 Å². The van der Waals surface area contributed by atoms with Gasteiger partial charge >= 0.3 is 0 Å². The monoisotopic (exact) mass is 258 g/mol. The summed E-state index contributed by atoms with van der Waals surface area (Å²) in [6.07, 6.45) is 7.57. The molecule has 1 fully saturated rings. The largest absolute Gasteiger partial charge is 0.447 e. The molecule has 0 unspecified atom stereocenters. The van der Waals surface area contributed by atoms with Crippen molar-refractivity contribution in [3.8, 4) is 0 Å². The van der Waals surface area contributed by atoms with Gasteiger partial charge in [0.15, 0.2) is 0 Å². The Morgan fingerprint density at radius 2 is 2.26 bits per heavy atom. The maximum atomic E-state index is 12.4. The van der Waals surface area contributed by atoms with E-state index in [0.29, 0.717) is 18.4 Å². The van der Waals surface area contributed by atoms with Gasteiger partial charge < -0.3 is 8.98 Å². The molecule has 0 aliphatic heterocycles. The van der Waals surface area contributed by atoms with Gasteiger partial charge in [-0.2, -0.15) is 0 Å². The SMILES string of the molecule is CC(C)c1cc(C2CC2)cn(Cc2ncco2)c1=O. The van der Waals surface area contributed by atoms with Crippen LogP contribution in [0.2, 0.25) is 0 Å². The lowest BCUT2D eigenvalue weighted by Gasteiger charge is -2.12. The average Bonchev–Trinajstić information content (AvgIpc) is 3.10. The molecule has 100 valence electrons. The van der Waals surface area contributed by atoms with Gasteiger partial charge in [0, 0.05) is 11.8 Å². The molecule has 2 aromatic heterocycles. The van der Waals surface area contributed by atoms with E-state index in [1.807, 2.05) is 6.20 Å². The zero-order chi connectivity index (χ0) is 13.4. The van der Waals surface area contributed by atoms with E-state index in [0.717, 1.165) is 5.56 Å². The first kappa shape index (κ1) is 12.2. The Balaban J connectivity index is 2.03. The quantitative estimate of drug-likeness (QED) is 0.847. The highest BCUT2D eigenvalue weighted by molar-refractivity contribution is 5.28. The Kier molecular flexibility index (Phi) is 3.01. The topological polar surface area (TPSA) is 48.0 Å². The van der Waals surface area contributed by atoms with Crippen LogP contribution in [0.25, 0.3) is 0 Å². The number of pyridine rings is 1. The van der Waals surface area contributed by atoms with Crippen LogP contribution in [0.1, 0.15) is 55.5 Å². The minimum atomic E-state index is 0.0672. The molecule has 0 aromatic carbocycles. The van der Waals surface area contributed by atoms with Crippen molar-refractivity contribution in [1.82, 2.24) is 9.55 Å². The van der Waals surface area contributed by atoms with Crippen molar-refractivity contribution in [2.75, 3.05) is 0 Å². The predicted octanol–water partition coefficient (Wildman–Crippen LogP) is 2.89. The zero-order valence-electron chi connectivity index (χ0n) is 11.3. The summed E-state index contributed by atoms with van der Waals surface area (Å²) in [7, 11) is 0. The molecule has 1 aliphatic rings. The fraction of sp³-hybridized carbons (Fsp3) is 0.467. The zero-order valence-corrected chi connectivity index (χ0v) is 11.3.